The number of nitrogens with zero attached hydrogens (tertiary/aromatic N) is 1. The van der Waals surface area contributed by atoms with Crippen LogP contribution in [0.25, 0.3) is 0 Å². The third kappa shape index (κ3) is 2.66. The molecule has 5 heteroatoms. The molecule has 0 saturated carbocycles. The van der Waals surface area contributed by atoms with Crippen LogP contribution in [0.15, 0.2) is 36.4 Å². The Morgan fingerprint density at radius 2 is 2.17 bits per heavy atom. The quantitative estimate of drug-likeness (QED) is 0.932. The van der Waals surface area contributed by atoms with Gasteiger partial charge in [0.05, 0.1) is 24.7 Å². The number of fused-ring (bicyclic) bond motifs is 1. The smallest absolute Gasteiger partial charge is 0.263 e. The number of likely N-dealkylation sites (tertiary alicyclic amines) is 1. The van der Waals surface area contributed by atoms with Crippen molar-refractivity contribution in [2.75, 3.05) is 26.3 Å². The monoisotopic (exact) mass is 343 g/mol. The van der Waals surface area contributed by atoms with E-state index in [0.29, 0.717) is 19.7 Å². The SMILES string of the molecule is O=C(c1cc2c(s1)CCOC2)N1CCC(CO)(c2ccccc2)C1. The number of carbonyl (C=O) groups excluding carboxylic acids is 1. The molecule has 4 rings (SSSR count). The van der Waals surface area contributed by atoms with Crippen LogP contribution in [-0.2, 0) is 23.2 Å². The van der Waals surface area contributed by atoms with Crippen molar-refractivity contribution in [2.45, 2.75) is 24.9 Å². The van der Waals surface area contributed by atoms with E-state index in [1.165, 1.54) is 4.88 Å². The first-order chi connectivity index (χ1) is 11.7. The van der Waals surface area contributed by atoms with E-state index in [0.717, 1.165) is 35.5 Å². The van der Waals surface area contributed by atoms with Crippen LogP contribution >= 0.6 is 11.3 Å². The molecule has 1 amide bonds. The molecule has 1 aromatic heterocycles. The predicted octanol–water partition coefficient (Wildman–Crippen LogP) is 2.60. The number of carbonyl (C=O) groups is 1. The highest BCUT2D eigenvalue weighted by atomic mass is 32.1. The zero-order valence-electron chi connectivity index (χ0n) is 13.5. The number of aliphatic hydroxyl groups excluding tert-OH is 1. The lowest BCUT2D eigenvalue weighted by atomic mass is 9.80. The van der Waals surface area contributed by atoms with E-state index < -0.39 is 0 Å². The highest BCUT2D eigenvalue weighted by molar-refractivity contribution is 7.14. The van der Waals surface area contributed by atoms with Crippen molar-refractivity contribution in [1.82, 2.24) is 4.90 Å². The van der Waals surface area contributed by atoms with E-state index in [4.69, 9.17) is 4.74 Å². The number of rotatable bonds is 3. The molecule has 1 atom stereocenters. The van der Waals surface area contributed by atoms with Crippen LogP contribution in [0.5, 0.6) is 0 Å². The van der Waals surface area contributed by atoms with E-state index in [1.807, 2.05) is 41.3 Å². The van der Waals surface area contributed by atoms with Gasteiger partial charge < -0.3 is 14.7 Å². The zero-order valence-corrected chi connectivity index (χ0v) is 14.3. The standard InChI is InChI=1S/C19H21NO3S/c21-13-19(15-4-2-1-3-5-15)7-8-20(12-19)18(22)17-10-14-11-23-9-6-16(14)24-17/h1-5,10,21H,6-9,11-13H2. The number of hydrogen-bond donors (Lipinski definition) is 1. The van der Waals surface area contributed by atoms with Crippen LogP contribution < -0.4 is 0 Å². The minimum absolute atomic E-state index is 0.0651. The summed E-state index contributed by atoms with van der Waals surface area (Å²) in [7, 11) is 0. The van der Waals surface area contributed by atoms with E-state index in [2.05, 4.69) is 0 Å². The largest absolute Gasteiger partial charge is 0.395 e. The molecule has 126 valence electrons. The summed E-state index contributed by atoms with van der Waals surface area (Å²) in [5, 5.41) is 10.0. The molecule has 1 saturated heterocycles. The first kappa shape index (κ1) is 15.8. The van der Waals surface area contributed by atoms with Crippen LogP contribution in [-0.4, -0.2) is 42.2 Å². The Kier molecular flexibility index (Phi) is 4.16. The van der Waals surface area contributed by atoms with Crippen LogP contribution in [0.3, 0.4) is 0 Å². The topological polar surface area (TPSA) is 49.8 Å². The Morgan fingerprint density at radius 3 is 2.92 bits per heavy atom. The Labute approximate surface area is 145 Å². The van der Waals surface area contributed by atoms with Crippen molar-refractivity contribution in [3.05, 3.63) is 57.3 Å². The molecule has 2 aromatic rings. The van der Waals surface area contributed by atoms with Gasteiger partial charge in [-0.3, -0.25) is 4.79 Å². The molecular weight excluding hydrogens is 322 g/mol. The second-order valence-corrected chi connectivity index (χ2v) is 7.78. The van der Waals surface area contributed by atoms with Crippen LogP contribution in [0.2, 0.25) is 0 Å². The van der Waals surface area contributed by atoms with Crippen LogP contribution in [0.4, 0.5) is 0 Å². The van der Waals surface area contributed by atoms with E-state index in [-0.39, 0.29) is 17.9 Å². The molecule has 0 radical (unpaired) electrons. The van der Waals surface area contributed by atoms with E-state index in [9.17, 15) is 9.90 Å². The summed E-state index contributed by atoms with van der Waals surface area (Å²) in [5.41, 5.74) is 1.93. The molecule has 0 spiro atoms. The lowest BCUT2D eigenvalue weighted by Gasteiger charge is -2.27. The maximum atomic E-state index is 12.9. The fraction of sp³-hybridized carbons (Fsp3) is 0.421. The average Bonchev–Trinajstić information content (AvgIpc) is 3.27. The molecule has 3 heterocycles. The molecule has 2 aliphatic heterocycles. The van der Waals surface area contributed by atoms with Crippen molar-refractivity contribution >= 4 is 17.2 Å². The summed E-state index contributed by atoms with van der Waals surface area (Å²) >= 11 is 1.60. The number of aliphatic hydroxyl groups is 1. The highest BCUT2D eigenvalue weighted by Crippen LogP contribution is 2.36. The van der Waals surface area contributed by atoms with Crippen molar-refractivity contribution in [1.29, 1.82) is 0 Å². The molecule has 1 fully saturated rings. The van der Waals surface area contributed by atoms with Crippen molar-refractivity contribution in [2.24, 2.45) is 0 Å². The van der Waals surface area contributed by atoms with Gasteiger partial charge in [0.1, 0.15) is 0 Å². The van der Waals surface area contributed by atoms with Gasteiger partial charge in [0, 0.05) is 29.8 Å². The second-order valence-electron chi connectivity index (χ2n) is 6.64. The summed E-state index contributed by atoms with van der Waals surface area (Å²) in [6, 6.07) is 12.0. The summed E-state index contributed by atoms with van der Waals surface area (Å²) in [5.74, 6) is 0.0839. The Bertz CT molecular complexity index is 719. The number of amides is 1. The summed E-state index contributed by atoms with van der Waals surface area (Å²) < 4.78 is 5.47. The molecule has 0 aliphatic carbocycles. The number of ether oxygens (including phenoxy) is 1. The molecule has 1 aromatic carbocycles. The Morgan fingerprint density at radius 1 is 1.33 bits per heavy atom. The van der Waals surface area contributed by atoms with Gasteiger partial charge in [-0.1, -0.05) is 30.3 Å². The molecule has 4 nitrogen and oxygen atoms in total. The summed E-state index contributed by atoms with van der Waals surface area (Å²) in [6.07, 6.45) is 1.70. The van der Waals surface area contributed by atoms with E-state index in [1.54, 1.807) is 11.3 Å². The third-order valence-electron chi connectivity index (χ3n) is 5.17. The lowest BCUT2D eigenvalue weighted by Crippen LogP contribution is -2.36. The van der Waals surface area contributed by atoms with Gasteiger partial charge in [-0.2, -0.15) is 0 Å². The van der Waals surface area contributed by atoms with Crippen molar-refractivity contribution < 1.29 is 14.6 Å². The maximum Gasteiger partial charge on any atom is 0.263 e. The van der Waals surface area contributed by atoms with Gasteiger partial charge in [-0.25, -0.2) is 0 Å². The minimum Gasteiger partial charge on any atom is -0.395 e. The Balaban J connectivity index is 1.55. The predicted molar refractivity (Wildman–Crippen MR) is 93.4 cm³/mol. The van der Waals surface area contributed by atoms with Gasteiger partial charge in [0.15, 0.2) is 0 Å². The molecule has 24 heavy (non-hydrogen) atoms. The molecular formula is C19H21NO3S. The van der Waals surface area contributed by atoms with E-state index >= 15 is 0 Å². The fourth-order valence-corrected chi connectivity index (χ4v) is 4.82. The van der Waals surface area contributed by atoms with Crippen molar-refractivity contribution in [3.63, 3.8) is 0 Å². The van der Waals surface area contributed by atoms with Gasteiger partial charge >= 0.3 is 0 Å². The second kappa shape index (κ2) is 6.31. The van der Waals surface area contributed by atoms with Crippen molar-refractivity contribution in [3.8, 4) is 0 Å². The molecule has 1 N–H and O–H groups in total. The van der Waals surface area contributed by atoms with Crippen LogP contribution in [0.1, 0.15) is 32.1 Å². The highest BCUT2D eigenvalue weighted by Gasteiger charge is 2.41. The normalized spacial score (nSPS) is 23.3. The fourth-order valence-electron chi connectivity index (χ4n) is 3.70. The third-order valence-corrected chi connectivity index (χ3v) is 6.39. The first-order valence-corrected chi connectivity index (χ1v) is 9.18. The maximum absolute atomic E-state index is 12.9. The Hall–Kier alpha value is -1.69. The van der Waals surface area contributed by atoms with Gasteiger partial charge in [0.2, 0.25) is 0 Å². The lowest BCUT2D eigenvalue weighted by molar-refractivity contribution is 0.0778. The van der Waals surface area contributed by atoms with Gasteiger partial charge in [0.25, 0.3) is 5.91 Å². The first-order valence-electron chi connectivity index (χ1n) is 8.37. The summed E-state index contributed by atoms with van der Waals surface area (Å²) in [4.78, 5) is 16.9. The molecule has 1 unspecified atom stereocenters. The summed E-state index contributed by atoms with van der Waals surface area (Å²) in [6.45, 7) is 2.69. The van der Waals surface area contributed by atoms with Crippen LogP contribution in [0, 0.1) is 0 Å². The van der Waals surface area contributed by atoms with Gasteiger partial charge in [-0.05, 0) is 23.6 Å². The average molecular weight is 343 g/mol. The molecule has 0 bridgehead atoms. The number of benzene rings is 1. The minimum atomic E-state index is -0.336. The number of thiophene rings is 1. The molecule has 2 aliphatic rings. The zero-order chi connectivity index (χ0) is 16.6. The van der Waals surface area contributed by atoms with Gasteiger partial charge in [-0.15, -0.1) is 11.3 Å². The number of hydrogen-bond acceptors (Lipinski definition) is 4.